The van der Waals surface area contributed by atoms with E-state index in [0.717, 1.165) is 5.69 Å². The van der Waals surface area contributed by atoms with Crippen molar-refractivity contribution in [2.24, 2.45) is 5.10 Å². The molecule has 0 aliphatic heterocycles. The van der Waals surface area contributed by atoms with Crippen molar-refractivity contribution in [3.63, 3.8) is 0 Å². The zero-order chi connectivity index (χ0) is 14.7. The maximum absolute atomic E-state index is 13.2. The average molecular weight is 294 g/mol. The first-order chi connectivity index (χ1) is 9.52. The molecule has 1 aromatic carbocycles. The highest BCUT2D eigenvalue weighted by Crippen LogP contribution is 2.17. The van der Waals surface area contributed by atoms with Crippen LogP contribution in [0.5, 0.6) is 0 Å². The summed E-state index contributed by atoms with van der Waals surface area (Å²) in [6, 6.07) is 7.46. The fourth-order valence-corrected chi connectivity index (χ4v) is 1.88. The Hall–Kier alpha value is -2.14. The van der Waals surface area contributed by atoms with E-state index in [9.17, 15) is 9.18 Å². The molecule has 0 aliphatic rings. The Labute approximate surface area is 121 Å². The number of hydrogen-bond donors (Lipinski definition) is 0. The molecule has 20 heavy (non-hydrogen) atoms. The summed E-state index contributed by atoms with van der Waals surface area (Å²) in [5.41, 5.74) is 1.17. The third kappa shape index (κ3) is 2.88. The molecule has 1 heterocycles. The molecule has 6 heteroatoms. The number of halogens is 2. The summed E-state index contributed by atoms with van der Waals surface area (Å²) in [5.74, 6) is -0.0108. The van der Waals surface area contributed by atoms with E-state index in [2.05, 4.69) is 5.10 Å². The molecule has 104 valence electrons. The van der Waals surface area contributed by atoms with Gasteiger partial charge in [0.05, 0.1) is 16.4 Å². The molecule has 1 aromatic heterocycles. The van der Waals surface area contributed by atoms with Crippen LogP contribution in [-0.2, 0) is 4.79 Å². The summed E-state index contributed by atoms with van der Waals surface area (Å²) >= 11 is 5.94. The minimum absolute atomic E-state index is 0.404. The van der Waals surface area contributed by atoms with Crippen LogP contribution in [0, 0.1) is 12.7 Å². The Morgan fingerprint density at radius 3 is 2.75 bits per heavy atom. The highest BCUT2D eigenvalue weighted by Gasteiger charge is 2.10. The van der Waals surface area contributed by atoms with Gasteiger partial charge in [0.15, 0.2) is 0 Å². The number of carbonyl (C=O) groups excluding carboxylic acids is 1. The van der Waals surface area contributed by atoms with Crippen molar-refractivity contribution >= 4 is 29.5 Å². The van der Waals surface area contributed by atoms with Crippen LogP contribution in [0.1, 0.15) is 12.6 Å². The Morgan fingerprint density at radius 2 is 2.20 bits per heavy atom. The summed E-state index contributed by atoms with van der Waals surface area (Å²) < 4.78 is 14.8. The topological polar surface area (TPSA) is 37.6 Å². The highest BCUT2D eigenvalue weighted by atomic mass is 35.5. The summed E-state index contributed by atoms with van der Waals surface area (Å²) in [6.07, 6.45) is 2.28. The van der Waals surface area contributed by atoms with E-state index in [4.69, 9.17) is 11.6 Å². The lowest BCUT2D eigenvalue weighted by atomic mass is 10.3. The number of nitrogens with zero attached hydrogens (tertiary/aromatic N) is 3. The zero-order valence-corrected chi connectivity index (χ0v) is 11.8. The van der Waals surface area contributed by atoms with Gasteiger partial charge in [-0.05, 0) is 38.1 Å². The molecular formula is C14H13ClFN3O. The predicted molar refractivity (Wildman–Crippen MR) is 77.6 cm³/mol. The van der Waals surface area contributed by atoms with Crippen molar-refractivity contribution in [2.45, 2.75) is 13.8 Å². The third-order valence-corrected chi connectivity index (χ3v) is 3.24. The Morgan fingerprint density at radius 1 is 1.45 bits per heavy atom. The molecule has 0 unspecified atom stereocenters. The number of carbonyl (C=O) groups is 1. The summed E-state index contributed by atoms with van der Waals surface area (Å²) in [6.45, 7) is 3.47. The molecule has 0 spiro atoms. The van der Waals surface area contributed by atoms with E-state index >= 15 is 0 Å². The number of rotatable bonds is 3. The molecule has 2 rings (SSSR count). The molecule has 4 nitrogen and oxygen atoms in total. The number of aromatic nitrogens is 1. The second kappa shape index (κ2) is 5.88. The molecule has 0 aliphatic carbocycles. The first-order valence-corrected chi connectivity index (χ1v) is 6.30. The maximum atomic E-state index is 13.2. The smallest absolute Gasteiger partial charge is 0.219 e. The van der Waals surface area contributed by atoms with Gasteiger partial charge in [-0.25, -0.2) is 9.07 Å². The van der Waals surface area contributed by atoms with Crippen LogP contribution in [0.15, 0.2) is 41.6 Å². The molecule has 0 radical (unpaired) electrons. The fraction of sp³-hybridized carbons (Fsp3) is 0.143. The van der Waals surface area contributed by atoms with E-state index in [-0.39, 0.29) is 0 Å². The van der Waals surface area contributed by atoms with Crippen LogP contribution < -0.4 is 4.90 Å². The van der Waals surface area contributed by atoms with Gasteiger partial charge in [0.2, 0.25) is 6.41 Å². The summed E-state index contributed by atoms with van der Waals surface area (Å²) in [4.78, 5) is 12.5. The maximum Gasteiger partial charge on any atom is 0.219 e. The third-order valence-electron chi connectivity index (χ3n) is 2.84. The number of hydrogen-bond acceptors (Lipinski definition) is 2. The van der Waals surface area contributed by atoms with Crippen LogP contribution in [0.2, 0.25) is 5.02 Å². The van der Waals surface area contributed by atoms with Crippen molar-refractivity contribution in [3.8, 4) is 0 Å². The molecule has 0 bridgehead atoms. The molecule has 0 saturated carbocycles. The molecular weight excluding hydrogens is 281 g/mol. The SMILES string of the molecule is C/C(=N/n1ccc(Cl)c1C)N(C=O)c1cccc(F)c1. The Balaban J connectivity index is 2.36. The van der Waals surface area contributed by atoms with E-state index in [0.29, 0.717) is 23.0 Å². The normalized spacial score (nSPS) is 11.5. The Kier molecular flexibility index (Phi) is 4.20. The average Bonchev–Trinajstić information content (AvgIpc) is 2.72. The lowest BCUT2D eigenvalue weighted by molar-refractivity contribution is -0.106. The summed E-state index contributed by atoms with van der Waals surface area (Å²) in [5, 5.41) is 4.87. The molecule has 0 atom stereocenters. The van der Waals surface area contributed by atoms with Crippen LogP contribution in [0.3, 0.4) is 0 Å². The fourth-order valence-electron chi connectivity index (χ4n) is 1.74. The van der Waals surface area contributed by atoms with Crippen molar-refractivity contribution < 1.29 is 9.18 Å². The lowest BCUT2D eigenvalue weighted by Gasteiger charge is -2.17. The van der Waals surface area contributed by atoms with Gasteiger partial charge in [-0.3, -0.25) is 9.69 Å². The zero-order valence-electron chi connectivity index (χ0n) is 11.0. The minimum atomic E-state index is -0.415. The lowest BCUT2D eigenvalue weighted by Crippen LogP contribution is -2.27. The van der Waals surface area contributed by atoms with Gasteiger partial charge in [-0.2, -0.15) is 5.10 Å². The highest BCUT2D eigenvalue weighted by molar-refractivity contribution is 6.31. The van der Waals surface area contributed by atoms with E-state index in [1.165, 1.54) is 23.1 Å². The van der Waals surface area contributed by atoms with Gasteiger partial charge in [0.1, 0.15) is 11.7 Å². The van der Waals surface area contributed by atoms with Gasteiger partial charge in [-0.1, -0.05) is 17.7 Å². The van der Waals surface area contributed by atoms with E-state index in [1.807, 2.05) is 6.92 Å². The second-order valence-corrected chi connectivity index (χ2v) is 4.60. The van der Waals surface area contributed by atoms with Crippen LogP contribution in [0.4, 0.5) is 10.1 Å². The molecule has 1 amide bonds. The van der Waals surface area contributed by atoms with Crippen molar-refractivity contribution in [2.75, 3.05) is 4.90 Å². The summed E-state index contributed by atoms with van der Waals surface area (Å²) in [7, 11) is 0. The van der Waals surface area contributed by atoms with Gasteiger partial charge >= 0.3 is 0 Å². The molecule has 0 fully saturated rings. The van der Waals surface area contributed by atoms with E-state index in [1.54, 1.807) is 29.9 Å². The molecule has 0 saturated heterocycles. The first-order valence-electron chi connectivity index (χ1n) is 5.92. The van der Waals surface area contributed by atoms with Gasteiger partial charge in [0.25, 0.3) is 0 Å². The predicted octanol–water partition coefficient (Wildman–Crippen LogP) is 3.43. The second-order valence-electron chi connectivity index (χ2n) is 4.20. The van der Waals surface area contributed by atoms with Crippen LogP contribution in [-0.4, -0.2) is 16.9 Å². The standard InChI is InChI=1S/C14H13ClFN3O/c1-10-14(15)6-7-19(10)17-11(2)18(9-20)13-5-3-4-12(16)8-13/h3-9H,1-2H3/b17-11-. The first kappa shape index (κ1) is 14.3. The number of amides is 1. The largest absolute Gasteiger partial charge is 0.278 e. The van der Waals surface area contributed by atoms with Crippen LogP contribution >= 0.6 is 11.6 Å². The van der Waals surface area contributed by atoms with Crippen LogP contribution in [0.25, 0.3) is 0 Å². The molecule has 0 N–H and O–H groups in total. The quantitative estimate of drug-likeness (QED) is 0.485. The Bertz CT molecular complexity index is 666. The number of benzene rings is 1. The van der Waals surface area contributed by atoms with Crippen molar-refractivity contribution in [1.82, 2.24) is 4.68 Å². The monoisotopic (exact) mass is 293 g/mol. The van der Waals surface area contributed by atoms with E-state index < -0.39 is 5.82 Å². The van der Waals surface area contributed by atoms with Gasteiger partial charge < -0.3 is 0 Å². The number of anilines is 1. The molecule has 2 aromatic rings. The van der Waals surface area contributed by atoms with Gasteiger partial charge in [-0.15, -0.1) is 0 Å². The minimum Gasteiger partial charge on any atom is -0.278 e. The number of amidine groups is 1. The van der Waals surface area contributed by atoms with Crippen molar-refractivity contribution in [1.29, 1.82) is 0 Å². The van der Waals surface area contributed by atoms with Gasteiger partial charge in [0, 0.05) is 6.20 Å². The van der Waals surface area contributed by atoms with Crippen molar-refractivity contribution in [3.05, 3.63) is 53.1 Å².